The molecule has 3 rings (SSSR count). The maximum Gasteiger partial charge on any atom is 0.255 e. The molecule has 3 aromatic rings. The average molecular weight is 323 g/mol. The molecule has 0 saturated heterocycles. The fourth-order valence-electron chi connectivity index (χ4n) is 2.94. The summed E-state index contributed by atoms with van der Waals surface area (Å²) in [7, 11) is 0. The van der Waals surface area contributed by atoms with Crippen LogP contribution in [0.5, 0.6) is 0 Å². The molecular weight excluding hydrogens is 302 g/mol. The molecule has 124 valence electrons. The molecule has 4 heteroatoms. The third-order valence-corrected chi connectivity index (χ3v) is 4.40. The van der Waals surface area contributed by atoms with Gasteiger partial charge in [0.15, 0.2) is 0 Å². The lowest BCUT2D eigenvalue weighted by atomic mass is 10.0. The summed E-state index contributed by atoms with van der Waals surface area (Å²) in [6.07, 6.45) is -0.757. The minimum absolute atomic E-state index is 0.153. The third kappa shape index (κ3) is 3.05. The molecule has 0 spiro atoms. The molecule has 0 saturated carbocycles. The SMILES string of the molecule is Cc1oc(C)c(C(=O)NCC(O)c2ccc3ccccc3c2)c1C. The van der Waals surface area contributed by atoms with Gasteiger partial charge >= 0.3 is 0 Å². The van der Waals surface area contributed by atoms with Crippen LogP contribution in [-0.2, 0) is 0 Å². The van der Waals surface area contributed by atoms with E-state index in [0.717, 1.165) is 27.7 Å². The molecule has 0 bridgehead atoms. The van der Waals surface area contributed by atoms with E-state index in [0.29, 0.717) is 11.3 Å². The Morgan fingerprint density at radius 3 is 2.46 bits per heavy atom. The Morgan fingerprint density at radius 1 is 1.08 bits per heavy atom. The molecule has 1 aromatic heterocycles. The van der Waals surface area contributed by atoms with Crippen molar-refractivity contribution in [3.8, 4) is 0 Å². The molecule has 1 unspecified atom stereocenters. The Balaban J connectivity index is 1.72. The van der Waals surface area contributed by atoms with Crippen LogP contribution in [0.1, 0.15) is 39.1 Å². The zero-order chi connectivity index (χ0) is 17.3. The normalized spacial score (nSPS) is 12.3. The highest BCUT2D eigenvalue weighted by molar-refractivity contribution is 5.96. The van der Waals surface area contributed by atoms with E-state index in [1.165, 1.54) is 0 Å². The number of furan rings is 1. The number of carbonyl (C=O) groups is 1. The molecule has 1 heterocycles. The number of benzene rings is 2. The molecule has 2 aromatic carbocycles. The smallest absolute Gasteiger partial charge is 0.255 e. The summed E-state index contributed by atoms with van der Waals surface area (Å²) in [5.74, 6) is 1.12. The minimum atomic E-state index is -0.757. The summed E-state index contributed by atoms with van der Waals surface area (Å²) >= 11 is 0. The second-order valence-corrected chi connectivity index (χ2v) is 6.05. The molecule has 4 nitrogen and oxygen atoms in total. The van der Waals surface area contributed by atoms with Crippen molar-refractivity contribution in [3.63, 3.8) is 0 Å². The van der Waals surface area contributed by atoms with Crippen LogP contribution in [0.3, 0.4) is 0 Å². The molecule has 0 aliphatic rings. The van der Waals surface area contributed by atoms with Crippen LogP contribution in [0.4, 0.5) is 0 Å². The van der Waals surface area contributed by atoms with Crippen LogP contribution in [0.15, 0.2) is 46.9 Å². The van der Waals surface area contributed by atoms with E-state index in [1.807, 2.05) is 56.3 Å². The quantitative estimate of drug-likeness (QED) is 0.767. The Labute approximate surface area is 141 Å². The highest BCUT2D eigenvalue weighted by Crippen LogP contribution is 2.22. The van der Waals surface area contributed by atoms with Gasteiger partial charge in [0.1, 0.15) is 11.5 Å². The van der Waals surface area contributed by atoms with Gasteiger partial charge in [-0.05, 0) is 43.2 Å². The van der Waals surface area contributed by atoms with E-state index in [-0.39, 0.29) is 12.5 Å². The minimum Gasteiger partial charge on any atom is -0.466 e. The van der Waals surface area contributed by atoms with E-state index in [9.17, 15) is 9.90 Å². The van der Waals surface area contributed by atoms with Crippen molar-refractivity contribution in [3.05, 3.63) is 70.7 Å². The summed E-state index contributed by atoms with van der Waals surface area (Å²) < 4.78 is 5.48. The van der Waals surface area contributed by atoms with Gasteiger partial charge < -0.3 is 14.8 Å². The van der Waals surface area contributed by atoms with Crippen molar-refractivity contribution >= 4 is 16.7 Å². The van der Waals surface area contributed by atoms with Crippen LogP contribution in [-0.4, -0.2) is 17.6 Å². The number of carbonyl (C=O) groups excluding carboxylic acids is 1. The van der Waals surface area contributed by atoms with E-state index >= 15 is 0 Å². The molecule has 0 fully saturated rings. The van der Waals surface area contributed by atoms with E-state index in [2.05, 4.69) is 5.32 Å². The number of aliphatic hydroxyl groups excluding tert-OH is 1. The molecule has 1 amide bonds. The van der Waals surface area contributed by atoms with Gasteiger partial charge in [-0.15, -0.1) is 0 Å². The number of rotatable bonds is 4. The number of nitrogens with one attached hydrogen (secondary N) is 1. The lowest BCUT2D eigenvalue weighted by Crippen LogP contribution is -2.29. The molecule has 0 aliphatic heterocycles. The fraction of sp³-hybridized carbons (Fsp3) is 0.250. The van der Waals surface area contributed by atoms with Crippen LogP contribution in [0.25, 0.3) is 10.8 Å². The maximum atomic E-state index is 12.4. The number of amides is 1. The molecular formula is C20H21NO3. The molecule has 0 aliphatic carbocycles. The largest absolute Gasteiger partial charge is 0.466 e. The molecule has 24 heavy (non-hydrogen) atoms. The summed E-state index contributed by atoms with van der Waals surface area (Å²) in [5.41, 5.74) is 2.18. The Morgan fingerprint density at radius 2 is 1.79 bits per heavy atom. The first-order valence-electron chi connectivity index (χ1n) is 7.99. The van der Waals surface area contributed by atoms with E-state index < -0.39 is 6.10 Å². The topological polar surface area (TPSA) is 62.5 Å². The first-order chi connectivity index (χ1) is 11.5. The summed E-state index contributed by atoms with van der Waals surface area (Å²) in [6, 6.07) is 13.8. The van der Waals surface area contributed by atoms with E-state index in [4.69, 9.17) is 4.42 Å². The highest BCUT2D eigenvalue weighted by atomic mass is 16.3. The maximum absolute atomic E-state index is 12.4. The molecule has 1 atom stereocenters. The predicted molar refractivity (Wildman–Crippen MR) is 94.2 cm³/mol. The van der Waals surface area contributed by atoms with Gasteiger partial charge in [0.25, 0.3) is 5.91 Å². The zero-order valence-corrected chi connectivity index (χ0v) is 14.1. The Hall–Kier alpha value is -2.59. The first kappa shape index (κ1) is 16.3. The van der Waals surface area contributed by atoms with Gasteiger partial charge in [0.2, 0.25) is 0 Å². The van der Waals surface area contributed by atoms with Crippen molar-refractivity contribution in [2.75, 3.05) is 6.54 Å². The van der Waals surface area contributed by atoms with Gasteiger partial charge in [-0.3, -0.25) is 4.79 Å². The second-order valence-electron chi connectivity index (χ2n) is 6.05. The van der Waals surface area contributed by atoms with Crippen LogP contribution < -0.4 is 5.32 Å². The number of hydrogen-bond acceptors (Lipinski definition) is 3. The standard InChI is InChI=1S/C20H21NO3/c1-12-13(2)24-14(3)19(12)20(23)21-11-18(22)17-9-8-15-6-4-5-7-16(15)10-17/h4-10,18,22H,11H2,1-3H3,(H,21,23). The van der Waals surface area contributed by atoms with Crippen molar-refractivity contribution in [2.24, 2.45) is 0 Å². The number of aryl methyl sites for hydroxylation is 2. The van der Waals surface area contributed by atoms with Crippen LogP contribution in [0, 0.1) is 20.8 Å². The highest BCUT2D eigenvalue weighted by Gasteiger charge is 2.19. The van der Waals surface area contributed by atoms with E-state index in [1.54, 1.807) is 6.92 Å². The Kier molecular flexibility index (Phi) is 4.40. The van der Waals surface area contributed by atoms with Crippen LogP contribution >= 0.6 is 0 Å². The van der Waals surface area contributed by atoms with Crippen molar-refractivity contribution in [2.45, 2.75) is 26.9 Å². The summed E-state index contributed by atoms with van der Waals surface area (Å²) in [4.78, 5) is 12.4. The number of aliphatic hydroxyl groups is 1. The molecule has 2 N–H and O–H groups in total. The summed E-state index contributed by atoms with van der Waals surface area (Å²) in [6.45, 7) is 5.62. The third-order valence-electron chi connectivity index (χ3n) is 4.40. The fourth-order valence-corrected chi connectivity index (χ4v) is 2.94. The number of fused-ring (bicyclic) bond motifs is 1. The lowest BCUT2D eigenvalue weighted by molar-refractivity contribution is 0.0914. The predicted octanol–water partition coefficient (Wildman–Crippen LogP) is 3.82. The van der Waals surface area contributed by atoms with Gasteiger partial charge in [-0.25, -0.2) is 0 Å². The van der Waals surface area contributed by atoms with Gasteiger partial charge in [-0.1, -0.05) is 36.4 Å². The van der Waals surface area contributed by atoms with Gasteiger partial charge in [0, 0.05) is 12.1 Å². The van der Waals surface area contributed by atoms with Crippen LogP contribution in [0.2, 0.25) is 0 Å². The van der Waals surface area contributed by atoms with Gasteiger partial charge in [0.05, 0.1) is 11.7 Å². The zero-order valence-electron chi connectivity index (χ0n) is 14.1. The van der Waals surface area contributed by atoms with Crippen molar-refractivity contribution in [1.82, 2.24) is 5.32 Å². The monoisotopic (exact) mass is 323 g/mol. The average Bonchev–Trinajstić information content (AvgIpc) is 2.84. The van der Waals surface area contributed by atoms with Gasteiger partial charge in [-0.2, -0.15) is 0 Å². The first-order valence-corrected chi connectivity index (χ1v) is 7.99. The second kappa shape index (κ2) is 6.49. The summed E-state index contributed by atoms with van der Waals surface area (Å²) in [5, 5.41) is 15.4. The van der Waals surface area contributed by atoms with Crippen molar-refractivity contribution < 1.29 is 14.3 Å². The van der Waals surface area contributed by atoms with Crippen molar-refractivity contribution in [1.29, 1.82) is 0 Å². The molecule has 0 radical (unpaired) electrons. The lowest BCUT2D eigenvalue weighted by Gasteiger charge is -2.13. The number of hydrogen-bond donors (Lipinski definition) is 2. The Bertz CT molecular complexity index is 895.